The monoisotopic (exact) mass is 295 g/mol. The van der Waals surface area contributed by atoms with Crippen molar-refractivity contribution in [3.8, 4) is 0 Å². The Morgan fingerprint density at radius 2 is 1.48 bits per heavy atom. The van der Waals surface area contributed by atoms with Crippen molar-refractivity contribution in [1.29, 1.82) is 0 Å². The molecule has 4 heteroatoms. The molecule has 21 heavy (non-hydrogen) atoms. The van der Waals surface area contributed by atoms with Gasteiger partial charge in [-0.25, -0.2) is 4.79 Å². The molecule has 2 aliphatic rings. The van der Waals surface area contributed by atoms with Gasteiger partial charge in [-0.05, 0) is 66.8 Å². The summed E-state index contributed by atoms with van der Waals surface area (Å²) >= 11 is 0. The molecule has 0 bridgehead atoms. The third kappa shape index (κ3) is 3.36. The first-order valence-electron chi connectivity index (χ1n) is 8.41. The summed E-state index contributed by atoms with van der Waals surface area (Å²) < 4.78 is 0. The second kappa shape index (κ2) is 5.79. The number of carbonyl (C=O) groups excluding carboxylic acids is 1. The molecule has 2 amide bonds. The van der Waals surface area contributed by atoms with E-state index in [1.54, 1.807) is 0 Å². The first-order valence-corrected chi connectivity index (χ1v) is 8.41. The Hall–Kier alpha value is -0.770. The molecule has 2 rings (SSSR count). The largest absolute Gasteiger partial charge is 0.325 e. The van der Waals surface area contributed by atoms with Gasteiger partial charge in [0.25, 0.3) is 0 Å². The average Bonchev–Trinajstić information content (AvgIpc) is 2.43. The fraction of sp³-hybridized carbons (Fsp3) is 0.941. The number of nitrogens with zero attached hydrogens (tertiary/aromatic N) is 3. The maximum atomic E-state index is 12.7. The van der Waals surface area contributed by atoms with Crippen LogP contribution in [0.3, 0.4) is 0 Å². The zero-order chi connectivity index (χ0) is 15.8. The third-order valence-corrected chi connectivity index (χ3v) is 5.76. The summed E-state index contributed by atoms with van der Waals surface area (Å²) in [5.41, 5.74) is 0.256. The first-order chi connectivity index (χ1) is 9.65. The van der Waals surface area contributed by atoms with Crippen molar-refractivity contribution < 1.29 is 4.79 Å². The van der Waals surface area contributed by atoms with Gasteiger partial charge in [0.1, 0.15) is 0 Å². The molecule has 0 N–H and O–H groups in total. The van der Waals surface area contributed by atoms with Crippen LogP contribution in [-0.4, -0.2) is 65.0 Å². The minimum atomic E-state index is 0.128. The van der Waals surface area contributed by atoms with E-state index in [2.05, 4.69) is 39.6 Å². The van der Waals surface area contributed by atoms with Crippen LogP contribution in [0.1, 0.15) is 59.8 Å². The Morgan fingerprint density at radius 3 is 1.95 bits per heavy atom. The van der Waals surface area contributed by atoms with Crippen LogP contribution in [0.2, 0.25) is 0 Å². The van der Waals surface area contributed by atoms with Crippen molar-refractivity contribution in [1.82, 2.24) is 14.7 Å². The van der Waals surface area contributed by atoms with Gasteiger partial charge in [0.05, 0.1) is 0 Å². The van der Waals surface area contributed by atoms with Crippen LogP contribution < -0.4 is 0 Å². The zero-order valence-electron chi connectivity index (χ0n) is 14.8. The molecule has 2 saturated heterocycles. The highest BCUT2D eigenvalue weighted by atomic mass is 16.2. The molecule has 0 aliphatic carbocycles. The van der Waals surface area contributed by atoms with Crippen molar-refractivity contribution in [3.63, 3.8) is 0 Å². The number of likely N-dealkylation sites (tertiary alicyclic amines) is 2. The van der Waals surface area contributed by atoms with Crippen LogP contribution in [-0.2, 0) is 0 Å². The van der Waals surface area contributed by atoms with Crippen LogP contribution in [0, 0.1) is 0 Å². The molecule has 0 radical (unpaired) electrons. The van der Waals surface area contributed by atoms with Crippen molar-refractivity contribution in [2.24, 2.45) is 0 Å². The summed E-state index contributed by atoms with van der Waals surface area (Å²) in [5.74, 6) is 0. The molecule has 0 spiro atoms. The predicted molar refractivity (Wildman–Crippen MR) is 87.5 cm³/mol. The highest BCUT2D eigenvalue weighted by molar-refractivity contribution is 5.74. The SMILES string of the molecule is CN(C(=O)N1CCCCC1)C1CC(C)(C)N(C)C(C)(C)C1. The lowest BCUT2D eigenvalue weighted by atomic mass is 9.77. The van der Waals surface area contributed by atoms with Crippen LogP contribution in [0.5, 0.6) is 0 Å². The van der Waals surface area contributed by atoms with E-state index < -0.39 is 0 Å². The van der Waals surface area contributed by atoms with Crippen LogP contribution >= 0.6 is 0 Å². The summed E-state index contributed by atoms with van der Waals surface area (Å²) in [4.78, 5) is 19.3. The van der Waals surface area contributed by atoms with Gasteiger partial charge >= 0.3 is 6.03 Å². The van der Waals surface area contributed by atoms with E-state index in [4.69, 9.17) is 0 Å². The number of hydrogen-bond donors (Lipinski definition) is 0. The maximum Gasteiger partial charge on any atom is 0.319 e. The number of amides is 2. The average molecular weight is 295 g/mol. The fourth-order valence-electron chi connectivity index (χ4n) is 4.06. The molecule has 2 aliphatic heterocycles. The van der Waals surface area contributed by atoms with Gasteiger partial charge in [-0.15, -0.1) is 0 Å². The molecular weight excluding hydrogens is 262 g/mol. The van der Waals surface area contributed by atoms with Gasteiger partial charge in [0, 0.05) is 37.3 Å². The molecule has 4 nitrogen and oxygen atoms in total. The van der Waals surface area contributed by atoms with Gasteiger partial charge < -0.3 is 9.80 Å². The molecule has 0 atom stereocenters. The van der Waals surface area contributed by atoms with E-state index in [0.29, 0.717) is 6.04 Å². The van der Waals surface area contributed by atoms with Gasteiger partial charge in [0.15, 0.2) is 0 Å². The number of hydrogen-bond acceptors (Lipinski definition) is 2. The molecule has 0 aromatic rings. The number of rotatable bonds is 1. The molecule has 2 fully saturated rings. The quantitative estimate of drug-likeness (QED) is 0.743. The summed E-state index contributed by atoms with van der Waals surface area (Å²) in [6.45, 7) is 11.0. The minimum absolute atomic E-state index is 0.128. The molecule has 122 valence electrons. The zero-order valence-corrected chi connectivity index (χ0v) is 14.8. The highest BCUT2D eigenvalue weighted by Crippen LogP contribution is 2.38. The molecule has 0 unspecified atom stereocenters. The topological polar surface area (TPSA) is 26.8 Å². The maximum absolute atomic E-state index is 12.7. The van der Waals surface area contributed by atoms with Crippen LogP contribution in [0.25, 0.3) is 0 Å². The Labute approximate surface area is 130 Å². The Balaban J connectivity index is 2.08. The van der Waals surface area contributed by atoms with E-state index >= 15 is 0 Å². The van der Waals surface area contributed by atoms with E-state index in [1.807, 2.05) is 16.8 Å². The first kappa shape index (κ1) is 16.6. The van der Waals surface area contributed by atoms with Crippen molar-refractivity contribution in [2.75, 3.05) is 27.2 Å². The predicted octanol–water partition coefficient (Wildman–Crippen LogP) is 3.18. The molecule has 0 aromatic carbocycles. The van der Waals surface area contributed by atoms with E-state index in [9.17, 15) is 4.79 Å². The summed E-state index contributed by atoms with van der Waals surface area (Å²) in [7, 11) is 4.21. The van der Waals surface area contributed by atoms with E-state index in [-0.39, 0.29) is 17.1 Å². The van der Waals surface area contributed by atoms with Crippen LogP contribution in [0.4, 0.5) is 4.79 Å². The molecule has 0 saturated carbocycles. The van der Waals surface area contributed by atoms with E-state index in [1.165, 1.54) is 6.42 Å². The molecule has 2 heterocycles. The fourth-order valence-corrected chi connectivity index (χ4v) is 4.06. The Bertz CT molecular complexity index is 367. The van der Waals surface area contributed by atoms with Crippen LogP contribution in [0.15, 0.2) is 0 Å². The number of piperidine rings is 2. The Kier molecular flexibility index (Phi) is 4.57. The third-order valence-electron chi connectivity index (χ3n) is 5.76. The summed E-state index contributed by atoms with van der Waals surface area (Å²) in [5, 5.41) is 0. The van der Waals surface area contributed by atoms with Gasteiger partial charge in [-0.3, -0.25) is 4.90 Å². The lowest BCUT2D eigenvalue weighted by Gasteiger charge is -2.55. The smallest absolute Gasteiger partial charge is 0.319 e. The number of urea groups is 1. The van der Waals surface area contributed by atoms with Crippen molar-refractivity contribution >= 4 is 6.03 Å². The second-order valence-corrected chi connectivity index (χ2v) is 8.19. The standard InChI is InChI=1S/C17H33N3O/c1-16(2)12-14(13-17(3,4)19(16)6)18(5)15(21)20-10-8-7-9-11-20/h14H,7-13H2,1-6H3. The summed E-state index contributed by atoms with van der Waals surface area (Å²) in [6, 6.07) is 0.566. The molecular formula is C17H33N3O. The highest BCUT2D eigenvalue weighted by Gasteiger charge is 2.45. The van der Waals surface area contributed by atoms with Crippen molar-refractivity contribution in [3.05, 3.63) is 0 Å². The van der Waals surface area contributed by atoms with Gasteiger partial charge in [0.2, 0.25) is 0 Å². The Morgan fingerprint density at radius 1 is 1.00 bits per heavy atom. The summed E-state index contributed by atoms with van der Waals surface area (Å²) in [6.07, 6.45) is 5.67. The van der Waals surface area contributed by atoms with Gasteiger partial charge in [-0.1, -0.05) is 0 Å². The second-order valence-electron chi connectivity index (χ2n) is 8.19. The molecule has 0 aromatic heterocycles. The van der Waals surface area contributed by atoms with Gasteiger partial charge in [-0.2, -0.15) is 0 Å². The normalized spacial score (nSPS) is 26.7. The lowest BCUT2D eigenvalue weighted by molar-refractivity contribution is -0.0373. The lowest BCUT2D eigenvalue weighted by Crippen LogP contribution is -2.63. The van der Waals surface area contributed by atoms with Crippen molar-refractivity contribution in [2.45, 2.75) is 76.9 Å². The number of carbonyl (C=O) groups is 1. The van der Waals surface area contributed by atoms with E-state index in [0.717, 1.165) is 38.8 Å². The minimum Gasteiger partial charge on any atom is -0.325 e.